The van der Waals surface area contributed by atoms with E-state index in [1.807, 2.05) is 69.3 Å². The summed E-state index contributed by atoms with van der Waals surface area (Å²) >= 11 is 0. The highest BCUT2D eigenvalue weighted by molar-refractivity contribution is 6.10. The third kappa shape index (κ3) is 3.38. The van der Waals surface area contributed by atoms with Gasteiger partial charge in [-0.05, 0) is 57.2 Å². The van der Waals surface area contributed by atoms with E-state index in [9.17, 15) is 4.79 Å². The molecular weight excluding hydrogens is 336 g/mol. The molecule has 4 heteroatoms. The Hall–Kier alpha value is -3.27. The van der Waals surface area contributed by atoms with Gasteiger partial charge in [0.25, 0.3) is 0 Å². The molecule has 0 aliphatic heterocycles. The Morgan fingerprint density at radius 1 is 0.852 bits per heavy atom. The van der Waals surface area contributed by atoms with Crippen LogP contribution in [0.5, 0.6) is 0 Å². The van der Waals surface area contributed by atoms with Crippen molar-refractivity contribution in [3.05, 3.63) is 72.8 Å². The van der Waals surface area contributed by atoms with Crippen molar-refractivity contribution in [2.24, 2.45) is 0 Å². The molecule has 0 radical (unpaired) electrons. The fourth-order valence-electron chi connectivity index (χ4n) is 3.33. The van der Waals surface area contributed by atoms with E-state index >= 15 is 0 Å². The molecule has 0 saturated heterocycles. The number of para-hydroxylation sites is 2. The van der Waals surface area contributed by atoms with Crippen molar-refractivity contribution < 1.29 is 9.53 Å². The largest absolute Gasteiger partial charge is 0.444 e. The molecule has 27 heavy (non-hydrogen) atoms. The van der Waals surface area contributed by atoms with Gasteiger partial charge < -0.3 is 9.30 Å². The molecule has 0 saturated carbocycles. The molecule has 0 fully saturated rings. The number of nitrogens with one attached hydrogen (secondary N) is 1. The van der Waals surface area contributed by atoms with Gasteiger partial charge in [0.05, 0.1) is 11.0 Å². The van der Waals surface area contributed by atoms with Crippen LogP contribution in [0, 0.1) is 0 Å². The summed E-state index contributed by atoms with van der Waals surface area (Å²) in [5.41, 5.74) is 3.52. The topological polar surface area (TPSA) is 43.3 Å². The summed E-state index contributed by atoms with van der Waals surface area (Å²) in [7, 11) is 0. The van der Waals surface area contributed by atoms with Crippen molar-refractivity contribution in [1.29, 1.82) is 0 Å². The molecular formula is C23H22N2O2. The van der Waals surface area contributed by atoms with Gasteiger partial charge in [0.15, 0.2) is 0 Å². The van der Waals surface area contributed by atoms with Crippen LogP contribution in [-0.2, 0) is 4.74 Å². The number of hydrogen-bond acceptors (Lipinski definition) is 2. The summed E-state index contributed by atoms with van der Waals surface area (Å²) in [4.78, 5) is 12.1. The molecule has 4 nitrogen and oxygen atoms in total. The second-order valence-corrected chi connectivity index (χ2v) is 7.55. The van der Waals surface area contributed by atoms with E-state index in [1.165, 1.54) is 0 Å². The second-order valence-electron chi connectivity index (χ2n) is 7.55. The van der Waals surface area contributed by atoms with Gasteiger partial charge in [-0.3, -0.25) is 5.32 Å². The summed E-state index contributed by atoms with van der Waals surface area (Å²) in [6, 6.07) is 24.5. The monoisotopic (exact) mass is 358 g/mol. The molecule has 0 atom stereocenters. The Morgan fingerprint density at radius 2 is 1.52 bits per heavy atom. The third-order valence-corrected chi connectivity index (χ3v) is 4.33. The number of benzene rings is 3. The number of carbonyl (C=O) groups excluding carboxylic acids is 1. The van der Waals surface area contributed by atoms with E-state index in [-0.39, 0.29) is 0 Å². The Kier molecular flexibility index (Phi) is 4.11. The first-order chi connectivity index (χ1) is 12.9. The minimum absolute atomic E-state index is 0.450. The zero-order valence-electron chi connectivity index (χ0n) is 15.7. The van der Waals surface area contributed by atoms with Gasteiger partial charge in [-0.15, -0.1) is 0 Å². The second kappa shape index (κ2) is 6.47. The molecule has 0 bridgehead atoms. The van der Waals surface area contributed by atoms with E-state index < -0.39 is 11.7 Å². The van der Waals surface area contributed by atoms with E-state index in [0.717, 1.165) is 27.5 Å². The Labute approximate surface area is 158 Å². The van der Waals surface area contributed by atoms with Crippen LogP contribution in [0.4, 0.5) is 10.5 Å². The number of aromatic nitrogens is 1. The van der Waals surface area contributed by atoms with Crippen molar-refractivity contribution in [2.45, 2.75) is 26.4 Å². The lowest BCUT2D eigenvalue weighted by molar-refractivity contribution is 0.0636. The van der Waals surface area contributed by atoms with E-state index in [2.05, 4.69) is 34.1 Å². The highest BCUT2D eigenvalue weighted by Crippen LogP contribution is 2.33. The van der Waals surface area contributed by atoms with Gasteiger partial charge in [-0.25, -0.2) is 4.79 Å². The molecule has 136 valence electrons. The molecule has 0 aliphatic rings. The maximum atomic E-state index is 12.1. The average molecular weight is 358 g/mol. The number of ether oxygens (including phenoxy) is 1. The quantitative estimate of drug-likeness (QED) is 0.468. The maximum Gasteiger partial charge on any atom is 0.412 e. The van der Waals surface area contributed by atoms with Crippen molar-refractivity contribution >= 4 is 33.6 Å². The first-order valence-electron chi connectivity index (χ1n) is 9.01. The molecule has 3 aromatic carbocycles. The molecule has 0 aliphatic carbocycles. The van der Waals surface area contributed by atoms with Crippen molar-refractivity contribution in [3.63, 3.8) is 0 Å². The summed E-state index contributed by atoms with van der Waals surface area (Å²) < 4.78 is 7.60. The average Bonchev–Trinajstić information content (AvgIpc) is 2.95. The normalized spacial score (nSPS) is 11.7. The van der Waals surface area contributed by atoms with Crippen LogP contribution in [0.3, 0.4) is 0 Å². The third-order valence-electron chi connectivity index (χ3n) is 4.33. The van der Waals surface area contributed by atoms with Gasteiger partial charge in [0, 0.05) is 22.1 Å². The minimum Gasteiger partial charge on any atom is -0.444 e. The van der Waals surface area contributed by atoms with E-state index in [4.69, 9.17) is 4.74 Å². The lowest BCUT2D eigenvalue weighted by Crippen LogP contribution is -2.27. The SMILES string of the molecule is CC(C)(C)OC(=O)Nc1ccc2c(c1)c1ccccc1n2-c1ccccc1. The lowest BCUT2D eigenvalue weighted by atomic mass is 10.1. The van der Waals surface area contributed by atoms with Gasteiger partial charge in [0.1, 0.15) is 5.60 Å². The molecule has 1 heterocycles. The summed E-state index contributed by atoms with van der Waals surface area (Å²) in [5.74, 6) is 0. The fourth-order valence-corrected chi connectivity index (χ4v) is 3.33. The predicted octanol–water partition coefficient (Wildman–Crippen LogP) is 6.13. The molecule has 1 N–H and O–H groups in total. The van der Waals surface area contributed by atoms with Crippen LogP contribution in [0.25, 0.3) is 27.5 Å². The predicted molar refractivity (Wildman–Crippen MR) is 111 cm³/mol. The fraction of sp³-hybridized carbons (Fsp3) is 0.174. The van der Waals surface area contributed by atoms with Crippen LogP contribution in [0.2, 0.25) is 0 Å². The molecule has 4 aromatic rings. The highest BCUT2D eigenvalue weighted by atomic mass is 16.6. The molecule has 0 unspecified atom stereocenters. The van der Waals surface area contributed by atoms with Gasteiger partial charge in [-0.2, -0.15) is 0 Å². The number of amides is 1. The first-order valence-corrected chi connectivity index (χ1v) is 9.01. The Morgan fingerprint density at radius 3 is 2.26 bits per heavy atom. The van der Waals surface area contributed by atoms with Crippen molar-refractivity contribution in [1.82, 2.24) is 4.57 Å². The molecule has 0 spiro atoms. The van der Waals surface area contributed by atoms with E-state index in [0.29, 0.717) is 5.69 Å². The summed E-state index contributed by atoms with van der Waals surface area (Å²) in [6.07, 6.45) is -0.450. The van der Waals surface area contributed by atoms with Crippen molar-refractivity contribution in [3.8, 4) is 5.69 Å². The summed E-state index contributed by atoms with van der Waals surface area (Å²) in [5, 5.41) is 5.06. The molecule has 1 amide bonds. The van der Waals surface area contributed by atoms with Crippen LogP contribution < -0.4 is 5.32 Å². The zero-order valence-corrected chi connectivity index (χ0v) is 15.7. The smallest absolute Gasteiger partial charge is 0.412 e. The number of carbonyl (C=O) groups is 1. The number of rotatable bonds is 2. The number of nitrogens with zero attached hydrogens (tertiary/aromatic N) is 1. The first kappa shape index (κ1) is 17.2. The number of hydrogen-bond donors (Lipinski definition) is 1. The summed E-state index contributed by atoms with van der Waals surface area (Å²) in [6.45, 7) is 5.55. The Balaban J connectivity index is 1.83. The van der Waals surface area contributed by atoms with Crippen molar-refractivity contribution in [2.75, 3.05) is 5.32 Å². The number of anilines is 1. The highest BCUT2D eigenvalue weighted by Gasteiger charge is 2.17. The molecule has 4 rings (SSSR count). The lowest BCUT2D eigenvalue weighted by Gasteiger charge is -2.19. The number of fused-ring (bicyclic) bond motifs is 3. The van der Waals surface area contributed by atoms with Gasteiger partial charge >= 0.3 is 6.09 Å². The van der Waals surface area contributed by atoms with Gasteiger partial charge in [-0.1, -0.05) is 36.4 Å². The van der Waals surface area contributed by atoms with Crippen LogP contribution in [-0.4, -0.2) is 16.3 Å². The van der Waals surface area contributed by atoms with Crippen LogP contribution >= 0.6 is 0 Å². The Bertz CT molecular complexity index is 1120. The maximum absolute atomic E-state index is 12.1. The van der Waals surface area contributed by atoms with Crippen LogP contribution in [0.1, 0.15) is 20.8 Å². The van der Waals surface area contributed by atoms with E-state index in [1.54, 1.807) is 0 Å². The van der Waals surface area contributed by atoms with Crippen LogP contribution in [0.15, 0.2) is 72.8 Å². The molecule has 1 aromatic heterocycles. The minimum atomic E-state index is -0.530. The zero-order chi connectivity index (χ0) is 19.0. The van der Waals surface area contributed by atoms with Gasteiger partial charge in [0.2, 0.25) is 0 Å². The standard InChI is InChI=1S/C23H22N2O2/c1-23(2,3)27-22(26)24-16-13-14-21-19(15-16)18-11-7-8-12-20(18)25(21)17-9-5-4-6-10-17/h4-15H,1-3H3,(H,24,26).